The van der Waals surface area contributed by atoms with Gasteiger partial charge in [-0.15, -0.1) is 0 Å². The zero-order chi connectivity index (χ0) is 15.4. The van der Waals surface area contributed by atoms with Crippen molar-refractivity contribution >= 4 is 23.4 Å². The Balaban J connectivity index is 1.64. The van der Waals surface area contributed by atoms with Crippen LogP contribution in [0.3, 0.4) is 0 Å². The summed E-state index contributed by atoms with van der Waals surface area (Å²) in [5.41, 5.74) is 0.507. The molecule has 1 amide bonds. The first-order chi connectivity index (χ1) is 10.7. The summed E-state index contributed by atoms with van der Waals surface area (Å²) in [6, 6.07) is 9.33. The van der Waals surface area contributed by atoms with Gasteiger partial charge in [0.2, 0.25) is 5.88 Å². The topological polar surface area (TPSA) is 51.2 Å². The average molecular weight is 318 g/mol. The Kier molecular flexibility index (Phi) is 4.58. The van der Waals surface area contributed by atoms with E-state index in [0.29, 0.717) is 11.4 Å². The number of thioether (sulfide) groups is 1. The maximum absolute atomic E-state index is 13.5. The quantitative estimate of drug-likeness (QED) is 0.939. The van der Waals surface area contributed by atoms with E-state index in [2.05, 4.69) is 10.3 Å². The Hall–Kier alpha value is -2.08. The third-order valence-corrected chi connectivity index (χ3v) is 4.43. The highest BCUT2D eigenvalue weighted by atomic mass is 32.2. The molecule has 0 saturated carbocycles. The van der Waals surface area contributed by atoms with Crippen molar-refractivity contribution in [3.63, 3.8) is 0 Å². The van der Waals surface area contributed by atoms with Crippen molar-refractivity contribution in [2.75, 3.05) is 16.8 Å². The van der Waals surface area contributed by atoms with Gasteiger partial charge < -0.3 is 10.1 Å². The van der Waals surface area contributed by atoms with Gasteiger partial charge in [-0.05, 0) is 30.4 Å². The Morgan fingerprint density at radius 2 is 2.18 bits per heavy atom. The smallest absolute Gasteiger partial charge is 0.257 e. The highest BCUT2D eigenvalue weighted by Gasteiger charge is 2.17. The zero-order valence-electron chi connectivity index (χ0n) is 11.8. The van der Waals surface area contributed by atoms with Crippen molar-refractivity contribution in [1.82, 2.24) is 4.98 Å². The lowest BCUT2D eigenvalue weighted by atomic mass is 10.2. The number of benzene rings is 1. The number of carbonyl (C=O) groups is 1. The molecule has 0 unspecified atom stereocenters. The lowest BCUT2D eigenvalue weighted by Crippen LogP contribution is -2.16. The molecule has 0 radical (unpaired) electrons. The standard InChI is InChI=1S/C16H15FN2O2S/c17-13-3-1-2-4-14(13)19-16(20)11-5-6-15(18-9-11)21-12-7-8-22-10-12/h1-6,9,12H,7-8,10H2,(H,19,20)/t12-/m1/s1. The van der Waals surface area contributed by atoms with Crippen molar-refractivity contribution in [3.8, 4) is 5.88 Å². The number of ether oxygens (including phenoxy) is 1. The summed E-state index contributed by atoms with van der Waals surface area (Å²) >= 11 is 1.86. The lowest BCUT2D eigenvalue weighted by Gasteiger charge is -2.11. The molecule has 1 N–H and O–H groups in total. The minimum atomic E-state index is -0.470. The number of aromatic nitrogens is 1. The van der Waals surface area contributed by atoms with Gasteiger partial charge in [-0.2, -0.15) is 11.8 Å². The highest BCUT2D eigenvalue weighted by Crippen LogP contribution is 2.22. The fraction of sp³-hybridized carbons (Fsp3) is 0.250. The van der Waals surface area contributed by atoms with Gasteiger partial charge in [-0.3, -0.25) is 4.79 Å². The second-order valence-electron chi connectivity index (χ2n) is 4.92. The van der Waals surface area contributed by atoms with Crippen LogP contribution in [-0.2, 0) is 0 Å². The first-order valence-electron chi connectivity index (χ1n) is 6.99. The minimum absolute atomic E-state index is 0.149. The molecule has 3 rings (SSSR count). The number of para-hydroxylation sites is 1. The van der Waals surface area contributed by atoms with E-state index in [-0.39, 0.29) is 11.8 Å². The molecular weight excluding hydrogens is 303 g/mol. The van der Waals surface area contributed by atoms with Crippen LogP contribution in [0.25, 0.3) is 0 Å². The molecule has 0 aliphatic carbocycles. The summed E-state index contributed by atoms with van der Waals surface area (Å²) < 4.78 is 19.2. The minimum Gasteiger partial charge on any atom is -0.473 e. The number of nitrogens with one attached hydrogen (secondary N) is 1. The van der Waals surface area contributed by atoms with Crippen LogP contribution in [0.4, 0.5) is 10.1 Å². The molecule has 114 valence electrons. The molecule has 22 heavy (non-hydrogen) atoms. The molecule has 1 aromatic carbocycles. The summed E-state index contributed by atoms with van der Waals surface area (Å²) in [5.74, 6) is 1.71. The highest BCUT2D eigenvalue weighted by molar-refractivity contribution is 7.99. The predicted molar refractivity (Wildman–Crippen MR) is 84.9 cm³/mol. The Labute approximate surface area is 132 Å². The molecule has 4 nitrogen and oxygen atoms in total. The predicted octanol–water partition coefficient (Wildman–Crippen LogP) is 3.36. The zero-order valence-corrected chi connectivity index (χ0v) is 12.6. The van der Waals surface area contributed by atoms with Gasteiger partial charge in [-0.25, -0.2) is 9.37 Å². The van der Waals surface area contributed by atoms with E-state index in [1.807, 2.05) is 11.8 Å². The molecule has 1 saturated heterocycles. The number of rotatable bonds is 4. The number of nitrogens with zero attached hydrogens (tertiary/aromatic N) is 1. The van der Waals surface area contributed by atoms with Gasteiger partial charge in [0.15, 0.2) is 0 Å². The summed E-state index contributed by atoms with van der Waals surface area (Å²) in [6.45, 7) is 0. The van der Waals surface area contributed by atoms with Gasteiger partial charge in [0.1, 0.15) is 11.9 Å². The van der Waals surface area contributed by atoms with Crippen molar-refractivity contribution in [2.24, 2.45) is 0 Å². The number of hydrogen-bond donors (Lipinski definition) is 1. The van der Waals surface area contributed by atoms with Crippen molar-refractivity contribution in [1.29, 1.82) is 0 Å². The van der Waals surface area contributed by atoms with E-state index in [9.17, 15) is 9.18 Å². The molecule has 1 atom stereocenters. The molecule has 6 heteroatoms. The first kappa shape index (κ1) is 14.8. The van der Waals surface area contributed by atoms with Crippen LogP contribution < -0.4 is 10.1 Å². The number of halogens is 1. The maximum atomic E-state index is 13.5. The van der Waals surface area contributed by atoms with Gasteiger partial charge in [0.25, 0.3) is 5.91 Å². The van der Waals surface area contributed by atoms with Crippen LogP contribution in [0.2, 0.25) is 0 Å². The van der Waals surface area contributed by atoms with Gasteiger partial charge in [-0.1, -0.05) is 12.1 Å². The largest absolute Gasteiger partial charge is 0.473 e. The summed E-state index contributed by atoms with van der Waals surface area (Å²) in [6.07, 6.45) is 2.64. The number of carbonyl (C=O) groups excluding carboxylic acids is 1. The molecule has 0 bridgehead atoms. The van der Waals surface area contributed by atoms with Crippen molar-refractivity contribution in [3.05, 3.63) is 54.0 Å². The van der Waals surface area contributed by atoms with E-state index in [0.717, 1.165) is 17.9 Å². The fourth-order valence-electron chi connectivity index (χ4n) is 2.12. The number of amides is 1. The molecular formula is C16H15FN2O2S. The van der Waals surface area contributed by atoms with Gasteiger partial charge in [0.05, 0.1) is 11.3 Å². The number of anilines is 1. The molecule has 2 heterocycles. The Morgan fingerprint density at radius 3 is 2.86 bits per heavy atom. The van der Waals surface area contributed by atoms with Crippen LogP contribution in [0.5, 0.6) is 5.88 Å². The third kappa shape index (κ3) is 3.57. The van der Waals surface area contributed by atoms with E-state index < -0.39 is 11.7 Å². The molecule has 1 aliphatic rings. The molecule has 2 aromatic rings. The van der Waals surface area contributed by atoms with Gasteiger partial charge in [0, 0.05) is 18.0 Å². The van der Waals surface area contributed by atoms with E-state index in [1.165, 1.54) is 18.3 Å². The summed E-state index contributed by atoms with van der Waals surface area (Å²) in [4.78, 5) is 16.2. The molecule has 1 aliphatic heterocycles. The van der Waals surface area contributed by atoms with Crippen LogP contribution in [0.1, 0.15) is 16.8 Å². The first-order valence-corrected chi connectivity index (χ1v) is 8.14. The van der Waals surface area contributed by atoms with Crippen molar-refractivity contribution < 1.29 is 13.9 Å². The molecule has 1 fully saturated rings. The summed E-state index contributed by atoms with van der Waals surface area (Å²) in [7, 11) is 0. The van der Waals surface area contributed by atoms with Crippen LogP contribution in [0.15, 0.2) is 42.6 Å². The maximum Gasteiger partial charge on any atom is 0.257 e. The van der Waals surface area contributed by atoms with Crippen LogP contribution in [0, 0.1) is 5.82 Å². The fourth-order valence-corrected chi connectivity index (χ4v) is 3.21. The molecule has 1 aromatic heterocycles. The normalized spacial score (nSPS) is 17.2. The number of hydrogen-bond acceptors (Lipinski definition) is 4. The monoisotopic (exact) mass is 318 g/mol. The van der Waals surface area contributed by atoms with Gasteiger partial charge >= 0.3 is 0 Å². The van der Waals surface area contributed by atoms with Crippen molar-refractivity contribution in [2.45, 2.75) is 12.5 Å². The van der Waals surface area contributed by atoms with Crippen LogP contribution in [-0.4, -0.2) is 28.5 Å². The Bertz CT molecular complexity index is 657. The second-order valence-corrected chi connectivity index (χ2v) is 6.07. The van der Waals surface area contributed by atoms with E-state index in [4.69, 9.17) is 4.74 Å². The molecule has 0 spiro atoms. The SMILES string of the molecule is O=C(Nc1ccccc1F)c1ccc(O[C@@H]2CCSC2)nc1. The third-order valence-electron chi connectivity index (χ3n) is 3.30. The van der Waals surface area contributed by atoms with E-state index >= 15 is 0 Å². The Morgan fingerprint density at radius 1 is 1.32 bits per heavy atom. The second kappa shape index (κ2) is 6.79. The lowest BCUT2D eigenvalue weighted by molar-refractivity contribution is 0.102. The average Bonchev–Trinajstić information content (AvgIpc) is 3.03. The van der Waals surface area contributed by atoms with Crippen LogP contribution >= 0.6 is 11.8 Å². The number of pyridine rings is 1. The van der Waals surface area contributed by atoms with E-state index in [1.54, 1.807) is 24.3 Å². The summed E-state index contributed by atoms with van der Waals surface area (Å²) in [5, 5.41) is 2.52.